The molecule has 0 aliphatic rings. The smallest absolute Gasteiger partial charge is 0.274 e. The van der Waals surface area contributed by atoms with Gasteiger partial charge in [-0.05, 0) is 31.2 Å². The van der Waals surface area contributed by atoms with E-state index < -0.39 is 0 Å². The SMILES string of the molecule is Cc1cccc(C(=O)Nc2ccc(/C(CO)=N/N)cc2)n1. The molecule has 0 saturated heterocycles. The number of amides is 1. The molecule has 108 valence electrons. The Morgan fingerprint density at radius 1 is 1.29 bits per heavy atom. The number of pyridine rings is 1. The Morgan fingerprint density at radius 2 is 2.00 bits per heavy atom. The molecule has 0 saturated carbocycles. The minimum absolute atomic E-state index is 0.241. The number of nitrogens with zero attached hydrogens (tertiary/aromatic N) is 2. The molecule has 0 unspecified atom stereocenters. The number of aromatic nitrogens is 1. The van der Waals surface area contributed by atoms with Gasteiger partial charge in [0.1, 0.15) is 5.69 Å². The van der Waals surface area contributed by atoms with E-state index in [4.69, 9.17) is 10.9 Å². The number of hydrogen-bond donors (Lipinski definition) is 3. The summed E-state index contributed by atoms with van der Waals surface area (Å²) in [5, 5.41) is 15.3. The van der Waals surface area contributed by atoms with Gasteiger partial charge in [-0.2, -0.15) is 5.10 Å². The van der Waals surface area contributed by atoms with Gasteiger partial charge in [0.05, 0.1) is 12.3 Å². The maximum absolute atomic E-state index is 12.0. The number of aliphatic hydroxyl groups excluding tert-OH is 1. The van der Waals surface area contributed by atoms with Gasteiger partial charge in [0.15, 0.2) is 0 Å². The Bertz CT molecular complexity index is 666. The molecule has 4 N–H and O–H groups in total. The minimum atomic E-state index is -0.277. The van der Waals surface area contributed by atoms with Crippen LogP contribution in [0.4, 0.5) is 5.69 Å². The molecule has 1 heterocycles. The Morgan fingerprint density at radius 3 is 2.57 bits per heavy atom. The second kappa shape index (κ2) is 6.62. The highest BCUT2D eigenvalue weighted by molar-refractivity contribution is 6.04. The molecule has 0 spiro atoms. The van der Waals surface area contributed by atoms with Crippen LogP contribution in [0.15, 0.2) is 47.6 Å². The Balaban J connectivity index is 2.12. The van der Waals surface area contributed by atoms with Gasteiger partial charge in [-0.25, -0.2) is 4.98 Å². The van der Waals surface area contributed by atoms with E-state index >= 15 is 0 Å². The van der Waals surface area contributed by atoms with Crippen molar-refractivity contribution in [3.8, 4) is 0 Å². The van der Waals surface area contributed by atoms with E-state index in [0.29, 0.717) is 22.7 Å². The molecule has 0 aliphatic carbocycles. The molecule has 1 aromatic heterocycles. The number of carbonyl (C=O) groups is 1. The van der Waals surface area contributed by atoms with Crippen LogP contribution in [0.1, 0.15) is 21.7 Å². The standard InChI is InChI=1S/C15H16N4O2/c1-10-3-2-4-13(17-10)15(21)18-12-7-5-11(6-8-12)14(9-20)19-16/h2-8,20H,9,16H2,1H3,(H,18,21)/b19-14+. The highest BCUT2D eigenvalue weighted by Crippen LogP contribution is 2.12. The topological polar surface area (TPSA) is 101 Å². The van der Waals surface area contributed by atoms with Crippen molar-refractivity contribution in [1.29, 1.82) is 0 Å². The number of carbonyl (C=O) groups excluding carboxylic acids is 1. The maximum Gasteiger partial charge on any atom is 0.274 e. The molecule has 0 fully saturated rings. The molecule has 6 nitrogen and oxygen atoms in total. The first-order chi connectivity index (χ1) is 10.1. The number of nitrogens with one attached hydrogen (secondary N) is 1. The largest absolute Gasteiger partial charge is 0.390 e. The van der Waals surface area contributed by atoms with Gasteiger partial charge in [0, 0.05) is 16.9 Å². The molecule has 0 atom stereocenters. The molecule has 0 aliphatic heterocycles. The number of benzene rings is 1. The van der Waals surface area contributed by atoms with Crippen molar-refractivity contribution in [3.05, 3.63) is 59.4 Å². The number of aryl methyl sites for hydroxylation is 1. The molecular weight excluding hydrogens is 268 g/mol. The van der Waals surface area contributed by atoms with Crippen molar-refractivity contribution >= 4 is 17.3 Å². The second-order valence-electron chi connectivity index (χ2n) is 4.43. The highest BCUT2D eigenvalue weighted by Gasteiger charge is 2.08. The van der Waals surface area contributed by atoms with Crippen LogP contribution < -0.4 is 11.2 Å². The predicted molar refractivity (Wildman–Crippen MR) is 81.2 cm³/mol. The molecule has 0 radical (unpaired) electrons. The summed E-state index contributed by atoms with van der Waals surface area (Å²) < 4.78 is 0. The van der Waals surface area contributed by atoms with Crippen LogP contribution in [0.3, 0.4) is 0 Å². The lowest BCUT2D eigenvalue weighted by Crippen LogP contribution is -2.14. The van der Waals surface area contributed by atoms with Gasteiger partial charge in [0.25, 0.3) is 5.91 Å². The molecule has 2 aromatic rings. The first kappa shape index (κ1) is 14.7. The average Bonchev–Trinajstić information content (AvgIpc) is 2.50. The van der Waals surface area contributed by atoms with Gasteiger partial charge >= 0.3 is 0 Å². The third kappa shape index (κ3) is 3.64. The highest BCUT2D eigenvalue weighted by atomic mass is 16.3. The van der Waals surface area contributed by atoms with Crippen molar-refractivity contribution in [2.24, 2.45) is 10.9 Å². The van der Waals surface area contributed by atoms with Crippen LogP contribution in [0.25, 0.3) is 0 Å². The summed E-state index contributed by atoms with van der Waals surface area (Å²) in [5.74, 6) is 4.90. The fraction of sp³-hybridized carbons (Fsp3) is 0.133. The normalized spacial score (nSPS) is 11.2. The van der Waals surface area contributed by atoms with E-state index in [0.717, 1.165) is 5.69 Å². The van der Waals surface area contributed by atoms with Crippen molar-refractivity contribution in [2.45, 2.75) is 6.92 Å². The van der Waals surface area contributed by atoms with Crippen LogP contribution in [-0.2, 0) is 0 Å². The van der Waals surface area contributed by atoms with Crippen molar-refractivity contribution in [1.82, 2.24) is 4.98 Å². The number of rotatable bonds is 4. The lowest BCUT2D eigenvalue weighted by molar-refractivity contribution is 0.102. The number of hydrogen-bond acceptors (Lipinski definition) is 5. The van der Waals surface area contributed by atoms with Crippen LogP contribution >= 0.6 is 0 Å². The monoisotopic (exact) mass is 284 g/mol. The Labute approximate surface area is 122 Å². The first-order valence-corrected chi connectivity index (χ1v) is 6.37. The van der Waals surface area contributed by atoms with Gasteiger partial charge in [-0.15, -0.1) is 0 Å². The molecule has 1 amide bonds. The van der Waals surface area contributed by atoms with Crippen LogP contribution in [0.5, 0.6) is 0 Å². The summed E-state index contributed by atoms with van der Waals surface area (Å²) in [6.07, 6.45) is 0. The van der Waals surface area contributed by atoms with E-state index in [1.165, 1.54) is 0 Å². The average molecular weight is 284 g/mol. The van der Waals surface area contributed by atoms with Gasteiger partial charge in [-0.3, -0.25) is 4.79 Å². The van der Waals surface area contributed by atoms with E-state index in [1.54, 1.807) is 36.4 Å². The fourth-order valence-electron chi connectivity index (χ4n) is 1.82. The zero-order chi connectivity index (χ0) is 15.2. The third-order valence-corrected chi connectivity index (χ3v) is 2.90. The van der Waals surface area contributed by atoms with Crippen LogP contribution in [-0.4, -0.2) is 28.3 Å². The van der Waals surface area contributed by atoms with Gasteiger partial charge in [-0.1, -0.05) is 18.2 Å². The summed E-state index contributed by atoms with van der Waals surface area (Å²) in [6.45, 7) is 1.59. The molecule has 0 bridgehead atoms. The van der Waals surface area contributed by atoms with Crippen molar-refractivity contribution in [3.63, 3.8) is 0 Å². The third-order valence-electron chi connectivity index (χ3n) is 2.90. The zero-order valence-corrected chi connectivity index (χ0v) is 11.6. The van der Waals surface area contributed by atoms with Gasteiger partial charge < -0.3 is 16.3 Å². The van der Waals surface area contributed by atoms with E-state index in [-0.39, 0.29) is 12.5 Å². The van der Waals surface area contributed by atoms with E-state index in [2.05, 4.69) is 15.4 Å². The lowest BCUT2D eigenvalue weighted by Gasteiger charge is -2.07. The summed E-state index contributed by atoms with van der Waals surface area (Å²) >= 11 is 0. The summed E-state index contributed by atoms with van der Waals surface area (Å²) in [6, 6.07) is 12.1. The minimum Gasteiger partial charge on any atom is -0.390 e. The van der Waals surface area contributed by atoms with E-state index in [9.17, 15) is 4.79 Å². The van der Waals surface area contributed by atoms with Crippen LogP contribution in [0, 0.1) is 6.92 Å². The number of aliphatic hydroxyl groups is 1. The molecule has 21 heavy (non-hydrogen) atoms. The van der Waals surface area contributed by atoms with Crippen molar-refractivity contribution < 1.29 is 9.90 Å². The van der Waals surface area contributed by atoms with Gasteiger partial charge in [0.2, 0.25) is 0 Å². The quantitative estimate of drug-likeness (QED) is 0.447. The predicted octanol–water partition coefficient (Wildman–Crippen LogP) is 1.30. The zero-order valence-electron chi connectivity index (χ0n) is 11.6. The molecule has 2 rings (SSSR count). The summed E-state index contributed by atoms with van der Waals surface area (Å²) in [7, 11) is 0. The second-order valence-corrected chi connectivity index (χ2v) is 4.43. The van der Waals surface area contributed by atoms with E-state index in [1.807, 2.05) is 13.0 Å². The molecule has 6 heteroatoms. The number of anilines is 1. The number of hydrazone groups is 1. The maximum atomic E-state index is 12.0. The molecule has 1 aromatic carbocycles. The number of nitrogens with two attached hydrogens (primary N) is 1. The fourth-order valence-corrected chi connectivity index (χ4v) is 1.82. The Hall–Kier alpha value is -2.73. The summed E-state index contributed by atoms with van der Waals surface area (Å²) in [4.78, 5) is 16.2. The lowest BCUT2D eigenvalue weighted by atomic mass is 10.1. The Kier molecular flexibility index (Phi) is 4.63. The van der Waals surface area contributed by atoms with Crippen LogP contribution in [0.2, 0.25) is 0 Å². The summed E-state index contributed by atoms with van der Waals surface area (Å²) in [5.41, 5.74) is 2.85. The van der Waals surface area contributed by atoms with Crippen molar-refractivity contribution in [2.75, 3.05) is 11.9 Å². The first-order valence-electron chi connectivity index (χ1n) is 6.37. The molecular formula is C15H16N4O2.